The number of carbonyl (C=O) groups is 2. The zero-order valence-corrected chi connectivity index (χ0v) is 6.89. The molecule has 0 spiro atoms. The van der Waals surface area contributed by atoms with Gasteiger partial charge in [0, 0.05) is 0 Å². The molecule has 0 saturated heterocycles. The zero-order valence-electron chi connectivity index (χ0n) is 6.89. The Morgan fingerprint density at radius 1 is 1.14 bits per heavy atom. The maximum Gasteiger partial charge on any atom is 0.196 e. The highest BCUT2D eigenvalue weighted by atomic mass is 16.1. The molecule has 2 aromatic rings. The van der Waals surface area contributed by atoms with Crippen molar-refractivity contribution in [1.29, 1.82) is 0 Å². The Hall–Kier alpha value is -2.31. The summed E-state index contributed by atoms with van der Waals surface area (Å²) in [7, 11) is 0. The van der Waals surface area contributed by atoms with Crippen LogP contribution >= 0.6 is 0 Å². The normalized spacial score (nSPS) is 10.3. The lowest BCUT2D eigenvalue weighted by molar-refractivity contribution is 0.110. The summed E-state index contributed by atoms with van der Waals surface area (Å²) in [6, 6.07) is 0. The Morgan fingerprint density at radius 3 is 2.57 bits per heavy atom. The minimum absolute atomic E-state index is 0.0565. The van der Waals surface area contributed by atoms with Crippen LogP contribution in [0.2, 0.25) is 0 Å². The first-order valence-electron chi connectivity index (χ1n) is 3.68. The first-order chi connectivity index (χ1) is 6.74. The van der Waals surface area contributed by atoms with Crippen LogP contribution in [-0.4, -0.2) is 32.5 Å². The van der Waals surface area contributed by atoms with Gasteiger partial charge in [0.25, 0.3) is 0 Å². The molecule has 0 aliphatic heterocycles. The molecule has 14 heavy (non-hydrogen) atoms. The highest BCUT2D eigenvalue weighted by molar-refractivity contribution is 5.87. The van der Waals surface area contributed by atoms with Crippen molar-refractivity contribution in [2.45, 2.75) is 0 Å². The summed E-state index contributed by atoms with van der Waals surface area (Å²) < 4.78 is 0. The smallest absolute Gasteiger partial charge is 0.196 e. The molecular weight excluding hydrogens is 186 g/mol. The van der Waals surface area contributed by atoms with E-state index >= 15 is 0 Å². The Bertz CT molecular complexity index is 518. The molecule has 0 bridgehead atoms. The number of aldehydes is 2. The Morgan fingerprint density at radius 2 is 1.93 bits per heavy atom. The molecule has 7 heteroatoms. The van der Waals surface area contributed by atoms with Crippen LogP contribution in [0.3, 0.4) is 0 Å². The number of fused-ring (bicyclic) bond motifs is 1. The molecule has 0 aliphatic carbocycles. The van der Waals surface area contributed by atoms with Crippen LogP contribution in [0.25, 0.3) is 11.2 Å². The van der Waals surface area contributed by atoms with Crippen LogP contribution in [0.1, 0.15) is 21.2 Å². The van der Waals surface area contributed by atoms with Gasteiger partial charge in [0.05, 0.1) is 0 Å². The fourth-order valence-corrected chi connectivity index (χ4v) is 1.06. The second kappa shape index (κ2) is 2.87. The van der Waals surface area contributed by atoms with Gasteiger partial charge in [-0.2, -0.15) is 0 Å². The second-order valence-electron chi connectivity index (χ2n) is 2.52. The number of rotatable bonds is 2. The number of nitrogen functional groups attached to an aromatic ring is 1. The number of aromatic amines is 1. The topological polar surface area (TPSA) is 115 Å². The van der Waals surface area contributed by atoms with E-state index in [9.17, 15) is 9.59 Å². The minimum atomic E-state index is -0.0565. The van der Waals surface area contributed by atoms with Gasteiger partial charge in [-0.15, -0.1) is 0 Å². The third kappa shape index (κ3) is 1.11. The summed E-state index contributed by atoms with van der Waals surface area (Å²) in [6.45, 7) is 0. The molecule has 0 aromatic carbocycles. The average Bonchev–Trinajstić information content (AvgIpc) is 2.61. The van der Waals surface area contributed by atoms with Crippen LogP contribution in [0, 0.1) is 0 Å². The standard InChI is InChI=1S/C7H5N5O2/c8-6-5-7(11-3(1-13)9-5)12-4(2-14)10-6/h1-2H,(H3,8,9,10,11,12). The highest BCUT2D eigenvalue weighted by Crippen LogP contribution is 2.13. The van der Waals surface area contributed by atoms with Crippen molar-refractivity contribution >= 4 is 29.6 Å². The largest absolute Gasteiger partial charge is 0.382 e. The molecule has 0 aliphatic rings. The third-order valence-electron chi connectivity index (χ3n) is 1.63. The maximum absolute atomic E-state index is 10.4. The molecule has 7 nitrogen and oxygen atoms in total. The number of hydrogen-bond acceptors (Lipinski definition) is 6. The van der Waals surface area contributed by atoms with Crippen LogP contribution in [-0.2, 0) is 0 Å². The van der Waals surface area contributed by atoms with E-state index in [0.29, 0.717) is 18.1 Å². The Balaban J connectivity index is 2.79. The van der Waals surface area contributed by atoms with Gasteiger partial charge in [-0.25, -0.2) is 15.0 Å². The fraction of sp³-hybridized carbons (Fsp3) is 0. The zero-order chi connectivity index (χ0) is 10.1. The number of imidazole rings is 1. The van der Waals surface area contributed by atoms with E-state index in [4.69, 9.17) is 5.73 Å². The monoisotopic (exact) mass is 191 g/mol. The molecule has 0 amide bonds. The van der Waals surface area contributed by atoms with E-state index in [1.165, 1.54) is 0 Å². The first-order valence-corrected chi connectivity index (χ1v) is 3.68. The second-order valence-corrected chi connectivity index (χ2v) is 2.52. The Labute approximate surface area is 77.4 Å². The van der Waals surface area contributed by atoms with Gasteiger partial charge in [-0.1, -0.05) is 0 Å². The van der Waals surface area contributed by atoms with Crippen molar-refractivity contribution in [3.63, 3.8) is 0 Å². The van der Waals surface area contributed by atoms with Gasteiger partial charge in [0.15, 0.2) is 35.7 Å². The number of nitrogens with one attached hydrogen (secondary N) is 1. The van der Waals surface area contributed by atoms with Gasteiger partial charge >= 0.3 is 0 Å². The van der Waals surface area contributed by atoms with Crippen LogP contribution in [0.15, 0.2) is 0 Å². The van der Waals surface area contributed by atoms with Gasteiger partial charge in [0.1, 0.15) is 5.52 Å². The molecule has 0 radical (unpaired) electrons. The van der Waals surface area contributed by atoms with E-state index in [0.717, 1.165) is 0 Å². The van der Waals surface area contributed by atoms with Crippen molar-refractivity contribution in [2.24, 2.45) is 0 Å². The fourth-order valence-electron chi connectivity index (χ4n) is 1.06. The van der Waals surface area contributed by atoms with Crippen molar-refractivity contribution in [2.75, 3.05) is 5.73 Å². The molecule has 0 atom stereocenters. The van der Waals surface area contributed by atoms with Crippen LogP contribution in [0.5, 0.6) is 0 Å². The van der Waals surface area contributed by atoms with E-state index in [2.05, 4.69) is 19.9 Å². The van der Waals surface area contributed by atoms with Crippen molar-refractivity contribution in [1.82, 2.24) is 19.9 Å². The van der Waals surface area contributed by atoms with E-state index in [1.54, 1.807) is 0 Å². The third-order valence-corrected chi connectivity index (χ3v) is 1.63. The first kappa shape index (κ1) is 8.30. The number of nitrogens with zero attached hydrogens (tertiary/aromatic N) is 3. The van der Waals surface area contributed by atoms with E-state index in [-0.39, 0.29) is 23.1 Å². The highest BCUT2D eigenvalue weighted by Gasteiger charge is 2.09. The Kier molecular flexibility index (Phi) is 1.70. The lowest BCUT2D eigenvalue weighted by Gasteiger charge is -1.93. The number of hydrogen-bond donors (Lipinski definition) is 2. The molecular formula is C7H5N5O2. The molecule has 2 aromatic heterocycles. The molecule has 3 N–H and O–H groups in total. The predicted octanol–water partition coefficient (Wildman–Crippen LogP) is -0.440. The number of H-pyrrole nitrogens is 1. The summed E-state index contributed by atoms with van der Waals surface area (Å²) in [5.41, 5.74) is 6.07. The van der Waals surface area contributed by atoms with Crippen molar-refractivity contribution in [3.8, 4) is 0 Å². The number of anilines is 1. The van der Waals surface area contributed by atoms with Crippen molar-refractivity contribution in [3.05, 3.63) is 11.6 Å². The molecule has 0 fully saturated rings. The molecule has 2 rings (SSSR count). The molecule has 2 heterocycles. The quantitative estimate of drug-likeness (QED) is 0.622. The lowest BCUT2D eigenvalue weighted by Crippen LogP contribution is -1.99. The number of nitrogens with two attached hydrogens (primary N) is 1. The summed E-state index contributed by atoms with van der Waals surface area (Å²) in [4.78, 5) is 34.6. The average molecular weight is 191 g/mol. The van der Waals surface area contributed by atoms with E-state index in [1.807, 2.05) is 0 Å². The van der Waals surface area contributed by atoms with Gasteiger partial charge in [0.2, 0.25) is 0 Å². The minimum Gasteiger partial charge on any atom is -0.382 e. The van der Waals surface area contributed by atoms with Gasteiger partial charge in [-0.3, -0.25) is 9.59 Å². The van der Waals surface area contributed by atoms with Gasteiger partial charge < -0.3 is 10.7 Å². The molecule has 0 saturated carbocycles. The number of carbonyl (C=O) groups excluding carboxylic acids is 2. The maximum atomic E-state index is 10.4. The summed E-state index contributed by atoms with van der Waals surface area (Å²) in [5.74, 6) is 0.140. The molecule has 0 unspecified atom stereocenters. The summed E-state index contributed by atoms with van der Waals surface area (Å²) in [5, 5.41) is 0. The number of aromatic nitrogens is 4. The van der Waals surface area contributed by atoms with Crippen LogP contribution < -0.4 is 5.73 Å². The summed E-state index contributed by atoms with van der Waals surface area (Å²) in [6.07, 6.45) is 0.993. The van der Waals surface area contributed by atoms with Gasteiger partial charge in [-0.05, 0) is 0 Å². The van der Waals surface area contributed by atoms with E-state index < -0.39 is 0 Å². The summed E-state index contributed by atoms with van der Waals surface area (Å²) >= 11 is 0. The van der Waals surface area contributed by atoms with Crippen molar-refractivity contribution < 1.29 is 9.59 Å². The predicted molar refractivity (Wildman–Crippen MR) is 46.9 cm³/mol. The SMILES string of the molecule is Nc1nc(C=O)nc2nc(C=O)[nH]c12. The van der Waals surface area contributed by atoms with Crippen LogP contribution in [0.4, 0.5) is 5.82 Å². The lowest BCUT2D eigenvalue weighted by atomic mass is 10.5. The molecule has 70 valence electrons.